The van der Waals surface area contributed by atoms with Crippen molar-refractivity contribution in [2.24, 2.45) is 0 Å². The molecule has 3 rings (SSSR count). The Morgan fingerprint density at radius 3 is 2.48 bits per heavy atom. The molecule has 0 saturated carbocycles. The summed E-state index contributed by atoms with van der Waals surface area (Å²) in [7, 11) is 0. The second kappa shape index (κ2) is 8.56. The Morgan fingerprint density at radius 1 is 1.14 bits per heavy atom. The Bertz CT molecular complexity index is 1070. The molecule has 2 aromatic carbocycles. The molecule has 0 saturated heterocycles. The van der Waals surface area contributed by atoms with E-state index in [2.05, 4.69) is 17.0 Å². The van der Waals surface area contributed by atoms with Crippen molar-refractivity contribution in [2.45, 2.75) is 26.7 Å². The number of carbonyl (C=O) groups excluding carboxylic acids is 1. The van der Waals surface area contributed by atoms with Gasteiger partial charge in [-0.25, -0.2) is 4.68 Å². The van der Waals surface area contributed by atoms with Gasteiger partial charge in [0.25, 0.3) is 5.91 Å². The maximum Gasteiger partial charge on any atom is 0.303 e. The fourth-order valence-electron chi connectivity index (χ4n) is 3.06. The van der Waals surface area contributed by atoms with Crippen molar-refractivity contribution >= 4 is 23.3 Å². The van der Waals surface area contributed by atoms with E-state index in [0.29, 0.717) is 23.5 Å². The number of carboxylic acids is 1. The van der Waals surface area contributed by atoms with Crippen LogP contribution >= 0.6 is 0 Å². The molecule has 0 aliphatic heterocycles. The number of amides is 1. The van der Waals surface area contributed by atoms with Crippen LogP contribution in [0.25, 0.3) is 17.0 Å². The number of anilines is 1. The van der Waals surface area contributed by atoms with Crippen molar-refractivity contribution < 1.29 is 14.7 Å². The van der Waals surface area contributed by atoms with Crippen molar-refractivity contribution in [1.82, 2.24) is 9.78 Å². The van der Waals surface area contributed by atoms with E-state index in [4.69, 9.17) is 5.11 Å². The lowest BCUT2D eigenvalue weighted by atomic mass is 10.1. The molecule has 0 atom stereocenters. The number of hydrogen-bond acceptors (Lipinski definition) is 3. The lowest BCUT2D eigenvalue weighted by Crippen LogP contribution is -2.14. The lowest BCUT2D eigenvalue weighted by molar-refractivity contribution is -0.136. The third-order valence-electron chi connectivity index (χ3n) is 4.54. The average Bonchev–Trinajstić information content (AvgIpc) is 3.15. The Labute approximate surface area is 169 Å². The van der Waals surface area contributed by atoms with E-state index in [-0.39, 0.29) is 12.3 Å². The fourth-order valence-corrected chi connectivity index (χ4v) is 3.06. The number of aliphatic carboxylic acids is 1. The molecule has 0 fully saturated rings. The number of aryl methyl sites for hydroxylation is 2. The third kappa shape index (κ3) is 4.79. The summed E-state index contributed by atoms with van der Waals surface area (Å²) in [6.07, 6.45) is 0.527. The zero-order chi connectivity index (χ0) is 21.0. The van der Waals surface area contributed by atoms with Gasteiger partial charge in [-0.05, 0) is 43.5 Å². The van der Waals surface area contributed by atoms with Gasteiger partial charge in [-0.2, -0.15) is 5.10 Å². The van der Waals surface area contributed by atoms with Crippen LogP contribution in [-0.2, 0) is 11.2 Å². The number of carboxylic acid groups (broad SMARTS) is 1. The predicted molar refractivity (Wildman–Crippen MR) is 114 cm³/mol. The Balaban J connectivity index is 1.82. The molecular weight excluding hydrogens is 366 g/mol. The van der Waals surface area contributed by atoms with Crippen molar-refractivity contribution in [3.63, 3.8) is 0 Å². The molecule has 3 aromatic rings. The molecule has 29 heavy (non-hydrogen) atoms. The predicted octanol–water partition coefficient (Wildman–Crippen LogP) is 4.62. The molecule has 148 valence electrons. The van der Waals surface area contributed by atoms with Gasteiger partial charge in [-0.1, -0.05) is 49.0 Å². The van der Waals surface area contributed by atoms with Crippen molar-refractivity contribution in [2.75, 3.05) is 5.32 Å². The first-order valence-corrected chi connectivity index (χ1v) is 9.29. The van der Waals surface area contributed by atoms with Gasteiger partial charge >= 0.3 is 5.97 Å². The van der Waals surface area contributed by atoms with E-state index in [1.54, 1.807) is 16.8 Å². The number of nitrogens with zero attached hydrogens (tertiary/aromatic N) is 2. The molecule has 0 bridgehead atoms. The van der Waals surface area contributed by atoms with Crippen LogP contribution in [0.5, 0.6) is 0 Å². The number of benzene rings is 2. The van der Waals surface area contributed by atoms with Gasteiger partial charge in [0, 0.05) is 23.4 Å². The van der Waals surface area contributed by atoms with E-state index in [0.717, 1.165) is 22.4 Å². The van der Waals surface area contributed by atoms with Gasteiger partial charge < -0.3 is 10.4 Å². The quantitative estimate of drug-likeness (QED) is 0.618. The van der Waals surface area contributed by atoms with Gasteiger partial charge in [0.1, 0.15) is 0 Å². The summed E-state index contributed by atoms with van der Waals surface area (Å²) in [6, 6.07) is 17.0. The fraction of sp³-hybridized carbons (Fsp3) is 0.174. The number of allylic oxidation sites excluding steroid dienone is 1. The van der Waals surface area contributed by atoms with Gasteiger partial charge in [-0.15, -0.1) is 0 Å². The average molecular weight is 389 g/mol. The summed E-state index contributed by atoms with van der Waals surface area (Å²) in [6.45, 7) is 7.66. The molecule has 2 N–H and O–H groups in total. The highest BCUT2D eigenvalue weighted by Gasteiger charge is 2.17. The summed E-state index contributed by atoms with van der Waals surface area (Å²) in [5, 5.41) is 16.1. The maximum atomic E-state index is 12.8. The maximum absolute atomic E-state index is 12.8. The summed E-state index contributed by atoms with van der Waals surface area (Å²) in [5.74, 6) is -1.15. The van der Waals surface area contributed by atoms with E-state index in [9.17, 15) is 9.59 Å². The van der Waals surface area contributed by atoms with Crippen LogP contribution in [0.1, 0.15) is 35.0 Å². The summed E-state index contributed by atoms with van der Waals surface area (Å²) >= 11 is 0. The zero-order valence-electron chi connectivity index (χ0n) is 16.5. The summed E-state index contributed by atoms with van der Waals surface area (Å²) < 4.78 is 1.66. The molecule has 0 radical (unpaired) electrons. The van der Waals surface area contributed by atoms with E-state index in [1.165, 1.54) is 0 Å². The monoisotopic (exact) mass is 389 g/mol. The SMILES string of the molecule is C=C(C)n1nc(C(=O)Nc2ccc(CCC(=O)O)cc2C)cc1-c1ccccc1. The Morgan fingerprint density at radius 2 is 1.86 bits per heavy atom. The molecular formula is C23H23N3O3. The molecule has 1 heterocycles. The molecule has 1 amide bonds. The van der Waals surface area contributed by atoms with E-state index >= 15 is 0 Å². The number of hydrogen-bond donors (Lipinski definition) is 2. The van der Waals surface area contributed by atoms with Crippen LogP contribution < -0.4 is 5.32 Å². The van der Waals surface area contributed by atoms with Crippen LogP contribution in [0.3, 0.4) is 0 Å². The second-order valence-corrected chi connectivity index (χ2v) is 6.93. The van der Waals surface area contributed by atoms with Crippen molar-refractivity contribution in [1.29, 1.82) is 0 Å². The standard InChI is InChI=1S/C23H23N3O3/c1-15(2)26-21(18-7-5-4-6-8-18)14-20(25-26)23(29)24-19-11-9-17(13-16(19)3)10-12-22(27)28/h4-9,11,13-14H,1,10,12H2,2-3H3,(H,24,29)(H,27,28). The van der Waals surface area contributed by atoms with Crippen LogP contribution in [0.2, 0.25) is 0 Å². The molecule has 6 heteroatoms. The molecule has 6 nitrogen and oxygen atoms in total. The van der Waals surface area contributed by atoms with Crippen LogP contribution in [-0.4, -0.2) is 26.8 Å². The minimum absolute atomic E-state index is 0.0751. The molecule has 0 unspecified atom stereocenters. The first kappa shape index (κ1) is 20.1. The normalized spacial score (nSPS) is 10.6. The van der Waals surface area contributed by atoms with Gasteiger partial charge in [0.15, 0.2) is 5.69 Å². The van der Waals surface area contributed by atoms with Crippen LogP contribution in [0.15, 0.2) is 61.2 Å². The topological polar surface area (TPSA) is 84.2 Å². The van der Waals surface area contributed by atoms with Crippen LogP contribution in [0.4, 0.5) is 5.69 Å². The van der Waals surface area contributed by atoms with E-state index in [1.807, 2.05) is 56.3 Å². The van der Waals surface area contributed by atoms with Gasteiger partial charge in [-0.3, -0.25) is 9.59 Å². The second-order valence-electron chi connectivity index (χ2n) is 6.93. The molecule has 0 aliphatic rings. The number of rotatable bonds is 7. The van der Waals surface area contributed by atoms with Gasteiger partial charge in [0.05, 0.1) is 5.69 Å². The summed E-state index contributed by atoms with van der Waals surface area (Å²) in [5.41, 5.74) is 5.19. The Hall–Kier alpha value is -3.67. The highest BCUT2D eigenvalue weighted by molar-refractivity contribution is 6.04. The largest absolute Gasteiger partial charge is 0.481 e. The molecule has 0 spiro atoms. The third-order valence-corrected chi connectivity index (χ3v) is 4.54. The minimum Gasteiger partial charge on any atom is -0.481 e. The minimum atomic E-state index is -0.831. The van der Waals surface area contributed by atoms with Crippen LogP contribution in [0, 0.1) is 6.92 Å². The lowest BCUT2D eigenvalue weighted by Gasteiger charge is -2.09. The first-order chi connectivity index (χ1) is 13.8. The number of aromatic nitrogens is 2. The van der Waals surface area contributed by atoms with Crippen molar-refractivity contribution in [3.8, 4) is 11.3 Å². The highest BCUT2D eigenvalue weighted by atomic mass is 16.4. The summed E-state index contributed by atoms with van der Waals surface area (Å²) in [4.78, 5) is 23.5. The number of carbonyl (C=O) groups is 2. The highest BCUT2D eigenvalue weighted by Crippen LogP contribution is 2.24. The number of nitrogens with one attached hydrogen (secondary N) is 1. The molecule has 1 aromatic heterocycles. The van der Waals surface area contributed by atoms with E-state index < -0.39 is 5.97 Å². The molecule has 0 aliphatic carbocycles. The zero-order valence-corrected chi connectivity index (χ0v) is 16.5. The Kier molecular flexibility index (Phi) is 5.93. The van der Waals surface area contributed by atoms with Gasteiger partial charge in [0.2, 0.25) is 0 Å². The first-order valence-electron chi connectivity index (χ1n) is 9.29. The van der Waals surface area contributed by atoms with Crippen molar-refractivity contribution in [3.05, 3.63) is 78.0 Å². The smallest absolute Gasteiger partial charge is 0.303 e.